The maximum atomic E-state index is 6.08. The second kappa shape index (κ2) is 6.18. The van der Waals surface area contributed by atoms with E-state index in [1.807, 2.05) is 6.92 Å². The molecule has 0 amide bonds. The second-order valence-electron chi connectivity index (χ2n) is 7.03. The van der Waals surface area contributed by atoms with Gasteiger partial charge in [-0.1, -0.05) is 27.7 Å². The number of hydrogen-bond donors (Lipinski definition) is 2. The van der Waals surface area contributed by atoms with Gasteiger partial charge in [-0.15, -0.1) is 0 Å². The Bertz CT molecular complexity index is 492. The number of anilines is 2. The Morgan fingerprint density at radius 3 is 2.67 bits per heavy atom. The van der Waals surface area contributed by atoms with Crippen molar-refractivity contribution < 1.29 is 0 Å². The van der Waals surface area contributed by atoms with E-state index in [1.165, 1.54) is 19.4 Å². The van der Waals surface area contributed by atoms with E-state index in [9.17, 15) is 0 Å². The minimum absolute atomic E-state index is 0.0970. The average molecular weight is 291 g/mol. The number of likely N-dealkylation sites (N-methyl/N-ethyl adjacent to an activating group) is 1. The third kappa shape index (κ3) is 3.84. The van der Waals surface area contributed by atoms with E-state index in [0.29, 0.717) is 11.9 Å². The van der Waals surface area contributed by atoms with E-state index in [0.717, 1.165) is 30.3 Å². The lowest BCUT2D eigenvalue weighted by Crippen LogP contribution is -2.42. The zero-order valence-electron chi connectivity index (χ0n) is 14.0. The van der Waals surface area contributed by atoms with Crippen molar-refractivity contribution in [2.45, 2.75) is 58.9 Å². The third-order valence-electron chi connectivity index (χ3n) is 4.15. The molecule has 5 heteroatoms. The van der Waals surface area contributed by atoms with Crippen molar-refractivity contribution in [2.75, 3.05) is 30.7 Å². The van der Waals surface area contributed by atoms with Crippen LogP contribution in [-0.4, -0.2) is 40.5 Å². The lowest BCUT2D eigenvalue weighted by molar-refractivity contribution is 0.226. The molecule has 1 aromatic heterocycles. The minimum atomic E-state index is -0.0970. The van der Waals surface area contributed by atoms with E-state index in [-0.39, 0.29) is 5.41 Å². The summed E-state index contributed by atoms with van der Waals surface area (Å²) in [4.78, 5) is 11.7. The van der Waals surface area contributed by atoms with Crippen LogP contribution in [0.2, 0.25) is 0 Å². The molecule has 1 aliphatic rings. The van der Waals surface area contributed by atoms with Crippen LogP contribution in [0.4, 0.5) is 11.6 Å². The summed E-state index contributed by atoms with van der Waals surface area (Å²) in [5.74, 6) is 2.28. The molecule has 1 saturated heterocycles. The molecule has 1 atom stereocenters. The molecule has 3 N–H and O–H groups in total. The van der Waals surface area contributed by atoms with Gasteiger partial charge in [0.2, 0.25) is 0 Å². The lowest BCUT2D eigenvalue weighted by atomic mass is 9.95. The molecule has 5 nitrogen and oxygen atoms in total. The number of likely N-dealkylation sites (tertiary alicyclic amines) is 1. The fourth-order valence-electron chi connectivity index (χ4n) is 2.66. The summed E-state index contributed by atoms with van der Waals surface area (Å²) in [6.07, 6.45) is 2.42. The summed E-state index contributed by atoms with van der Waals surface area (Å²) >= 11 is 0. The topological polar surface area (TPSA) is 67.1 Å². The highest BCUT2D eigenvalue weighted by atomic mass is 15.2. The smallest absolute Gasteiger partial charge is 0.138 e. The molecule has 1 aromatic rings. The zero-order chi connectivity index (χ0) is 15.6. The van der Waals surface area contributed by atoms with Crippen molar-refractivity contribution in [1.29, 1.82) is 0 Å². The first-order valence-corrected chi connectivity index (χ1v) is 7.94. The molecule has 21 heavy (non-hydrogen) atoms. The van der Waals surface area contributed by atoms with Crippen molar-refractivity contribution in [1.82, 2.24) is 14.9 Å². The van der Waals surface area contributed by atoms with Gasteiger partial charge in [0.25, 0.3) is 0 Å². The van der Waals surface area contributed by atoms with Gasteiger partial charge in [-0.05, 0) is 32.9 Å². The summed E-state index contributed by atoms with van der Waals surface area (Å²) in [6.45, 7) is 13.9. The van der Waals surface area contributed by atoms with Crippen molar-refractivity contribution in [3.05, 3.63) is 11.4 Å². The summed E-state index contributed by atoms with van der Waals surface area (Å²) in [5, 5.41) is 3.59. The Balaban J connectivity index is 2.21. The van der Waals surface area contributed by atoms with E-state index in [1.54, 1.807) is 0 Å². The van der Waals surface area contributed by atoms with Gasteiger partial charge in [-0.25, -0.2) is 9.97 Å². The van der Waals surface area contributed by atoms with E-state index in [2.05, 4.69) is 42.9 Å². The first kappa shape index (κ1) is 16.0. The summed E-state index contributed by atoms with van der Waals surface area (Å²) < 4.78 is 0. The molecule has 0 bridgehead atoms. The molecule has 1 aliphatic heterocycles. The fraction of sp³-hybridized carbons (Fsp3) is 0.750. The molecule has 0 saturated carbocycles. The molecular weight excluding hydrogens is 262 g/mol. The molecule has 0 aromatic carbocycles. The van der Waals surface area contributed by atoms with Crippen LogP contribution in [0, 0.1) is 6.92 Å². The van der Waals surface area contributed by atoms with Gasteiger partial charge in [0, 0.05) is 23.6 Å². The third-order valence-corrected chi connectivity index (χ3v) is 4.15. The maximum Gasteiger partial charge on any atom is 0.138 e. The van der Waals surface area contributed by atoms with Crippen molar-refractivity contribution in [3.8, 4) is 0 Å². The van der Waals surface area contributed by atoms with Crippen LogP contribution < -0.4 is 11.1 Å². The van der Waals surface area contributed by atoms with E-state index in [4.69, 9.17) is 10.7 Å². The van der Waals surface area contributed by atoms with E-state index >= 15 is 0 Å². The van der Waals surface area contributed by atoms with Gasteiger partial charge >= 0.3 is 0 Å². The Morgan fingerprint density at radius 1 is 1.33 bits per heavy atom. The van der Waals surface area contributed by atoms with E-state index < -0.39 is 0 Å². The Hall–Kier alpha value is -1.36. The van der Waals surface area contributed by atoms with Crippen LogP contribution in [0.5, 0.6) is 0 Å². The van der Waals surface area contributed by atoms with Crippen LogP contribution in [0.1, 0.15) is 51.9 Å². The molecule has 1 unspecified atom stereocenters. The van der Waals surface area contributed by atoms with Gasteiger partial charge in [-0.3, -0.25) is 0 Å². The number of piperidine rings is 1. The summed E-state index contributed by atoms with van der Waals surface area (Å²) in [5.41, 5.74) is 6.93. The molecule has 2 rings (SSSR count). The number of nitrogens with one attached hydrogen (secondary N) is 1. The molecule has 0 aliphatic carbocycles. The fourth-order valence-corrected chi connectivity index (χ4v) is 2.66. The largest absolute Gasteiger partial charge is 0.383 e. The number of aromatic nitrogens is 2. The molecule has 2 heterocycles. The van der Waals surface area contributed by atoms with Gasteiger partial charge in [-0.2, -0.15) is 0 Å². The highest BCUT2D eigenvalue weighted by Gasteiger charge is 2.23. The van der Waals surface area contributed by atoms with Gasteiger partial charge in [0.1, 0.15) is 17.5 Å². The predicted octanol–water partition coefficient (Wildman–Crippen LogP) is 2.56. The van der Waals surface area contributed by atoms with Crippen LogP contribution in [-0.2, 0) is 5.41 Å². The predicted molar refractivity (Wildman–Crippen MR) is 88.6 cm³/mol. The average Bonchev–Trinajstić information content (AvgIpc) is 2.42. The van der Waals surface area contributed by atoms with Crippen LogP contribution in [0.25, 0.3) is 0 Å². The molecule has 0 radical (unpaired) electrons. The number of nitrogens with zero attached hydrogens (tertiary/aromatic N) is 3. The molecular formula is C16H29N5. The number of hydrogen-bond acceptors (Lipinski definition) is 5. The SMILES string of the molecule is CCN1CCCC(Nc2nc(C(C)(C)C)nc(N)c2C)C1. The van der Waals surface area contributed by atoms with Crippen LogP contribution in [0.15, 0.2) is 0 Å². The number of nitrogens with two attached hydrogens (primary N) is 1. The summed E-state index contributed by atoms with van der Waals surface area (Å²) in [7, 11) is 0. The van der Waals surface area contributed by atoms with Crippen LogP contribution >= 0.6 is 0 Å². The maximum absolute atomic E-state index is 6.08. The van der Waals surface area contributed by atoms with Gasteiger partial charge < -0.3 is 16.0 Å². The Labute approximate surface area is 128 Å². The second-order valence-corrected chi connectivity index (χ2v) is 7.03. The number of nitrogen functional groups attached to an aromatic ring is 1. The zero-order valence-corrected chi connectivity index (χ0v) is 14.0. The van der Waals surface area contributed by atoms with Gasteiger partial charge in [0.15, 0.2) is 0 Å². The van der Waals surface area contributed by atoms with Crippen molar-refractivity contribution in [2.24, 2.45) is 0 Å². The highest BCUT2D eigenvalue weighted by molar-refractivity contribution is 5.55. The number of rotatable bonds is 3. The first-order chi connectivity index (χ1) is 9.81. The minimum Gasteiger partial charge on any atom is -0.383 e. The highest BCUT2D eigenvalue weighted by Crippen LogP contribution is 2.26. The Morgan fingerprint density at radius 2 is 2.05 bits per heavy atom. The Kier molecular flexibility index (Phi) is 4.71. The standard InChI is InChI=1S/C16H29N5/c1-6-21-9-7-8-12(10-21)18-14-11(2)13(17)19-15(20-14)16(3,4)5/h12H,6-10H2,1-5H3,(H3,17,18,19,20). The van der Waals surface area contributed by atoms with Crippen molar-refractivity contribution in [3.63, 3.8) is 0 Å². The molecule has 1 fully saturated rings. The normalized spacial score (nSPS) is 20.5. The molecule has 118 valence electrons. The molecule has 0 spiro atoms. The lowest BCUT2D eigenvalue weighted by Gasteiger charge is -2.33. The summed E-state index contributed by atoms with van der Waals surface area (Å²) in [6, 6.07) is 0.444. The monoisotopic (exact) mass is 291 g/mol. The van der Waals surface area contributed by atoms with Crippen LogP contribution in [0.3, 0.4) is 0 Å². The first-order valence-electron chi connectivity index (χ1n) is 7.94. The van der Waals surface area contributed by atoms with Crippen molar-refractivity contribution >= 4 is 11.6 Å². The van der Waals surface area contributed by atoms with Gasteiger partial charge in [0.05, 0.1) is 0 Å². The quantitative estimate of drug-likeness (QED) is 0.896.